The molecule has 0 nitrogen and oxygen atoms in total. The van der Waals surface area contributed by atoms with Crippen molar-refractivity contribution in [2.75, 3.05) is 0 Å². The second-order valence-corrected chi connectivity index (χ2v) is 10.2. The normalized spacial score (nSPS) is 26.0. The molecule has 4 atom stereocenters. The molecule has 2 aliphatic rings. The zero-order valence-electron chi connectivity index (χ0n) is 19.1. The second kappa shape index (κ2) is 10.3. The number of unbranched alkanes of at least 4 members (excludes halogenated alkanes) is 2. The number of hydrogen-bond acceptors (Lipinski definition) is 0. The van der Waals surface area contributed by atoms with Crippen molar-refractivity contribution in [3.8, 4) is 0 Å². The molecule has 0 bridgehead atoms. The average molecular weight is 425 g/mol. The van der Waals surface area contributed by atoms with Gasteiger partial charge in [0, 0.05) is 5.39 Å². The highest BCUT2D eigenvalue weighted by atomic mass is 19.1. The fraction of sp³-hybridized carbons (Fsp3) is 0.586. The van der Waals surface area contributed by atoms with Crippen molar-refractivity contribution in [2.24, 2.45) is 17.8 Å². The predicted octanol–water partition coefficient (Wildman–Crippen LogP) is 9.12. The van der Waals surface area contributed by atoms with Crippen molar-refractivity contribution in [1.82, 2.24) is 0 Å². The van der Waals surface area contributed by atoms with Crippen LogP contribution in [0.1, 0.15) is 94.6 Å². The van der Waals surface area contributed by atoms with Crippen molar-refractivity contribution in [3.05, 3.63) is 59.7 Å². The molecule has 0 aromatic heterocycles. The molecule has 31 heavy (non-hydrogen) atoms. The van der Waals surface area contributed by atoms with Crippen LogP contribution in [-0.2, 0) is 6.42 Å². The molecule has 0 saturated heterocycles. The lowest BCUT2D eigenvalue weighted by molar-refractivity contribution is 0.112. The van der Waals surface area contributed by atoms with Gasteiger partial charge in [0.15, 0.2) is 0 Å². The summed E-state index contributed by atoms with van der Waals surface area (Å²) in [5, 5.41) is 1.25. The quantitative estimate of drug-likeness (QED) is 0.293. The SMILES string of the molecule is C=CCCc1cc2ccc([C@@H]3CC[C@@H]4CC(CCCCC)CCC4C3)c(F)c2cc1F. The van der Waals surface area contributed by atoms with E-state index in [1.54, 1.807) is 6.08 Å². The molecule has 2 aromatic rings. The molecule has 168 valence electrons. The van der Waals surface area contributed by atoms with Gasteiger partial charge in [0.1, 0.15) is 11.6 Å². The fourth-order valence-electron chi connectivity index (χ4n) is 6.35. The van der Waals surface area contributed by atoms with Crippen molar-refractivity contribution >= 4 is 10.8 Å². The van der Waals surface area contributed by atoms with Crippen LogP contribution in [0, 0.1) is 29.4 Å². The topological polar surface area (TPSA) is 0 Å². The molecule has 2 aliphatic carbocycles. The van der Waals surface area contributed by atoms with E-state index in [1.807, 2.05) is 18.2 Å². The lowest BCUT2D eigenvalue weighted by Gasteiger charge is -2.42. The summed E-state index contributed by atoms with van der Waals surface area (Å²) in [5.74, 6) is 2.30. The maximum atomic E-state index is 15.5. The highest BCUT2D eigenvalue weighted by Gasteiger charge is 2.36. The first kappa shape index (κ1) is 22.5. The van der Waals surface area contributed by atoms with Crippen LogP contribution in [0.3, 0.4) is 0 Å². The van der Waals surface area contributed by atoms with Gasteiger partial charge in [-0.1, -0.05) is 57.2 Å². The molecule has 2 fully saturated rings. The largest absolute Gasteiger partial charge is 0.207 e. The van der Waals surface area contributed by atoms with E-state index in [9.17, 15) is 4.39 Å². The van der Waals surface area contributed by atoms with Crippen LogP contribution in [0.5, 0.6) is 0 Å². The van der Waals surface area contributed by atoms with Crippen LogP contribution >= 0.6 is 0 Å². The molecule has 2 unspecified atom stereocenters. The lowest BCUT2D eigenvalue weighted by atomic mass is 9.63. The van der Waals surface area contributed by atoms with Crippen LogP contribution in [0.4, 0.5) is 8.78 Å². The Labute approximate surface area is 187 Å². The Kier molecular flexibility index (Phi) is 7.46. The molecule has 0 radical (unpaired) electrons. The Morgan fingerprint density at radius 1 is 1.00 bits per heavy atom. The summed E-state index contributed by atoms with van der Waals surface area (Å²) in [6.07, 6.45) is 16.1. The minimum absolute atomic E-state index is 0.191. The number of benzene rings is 2. The molecule has 2 aromatic carbocycles. The number of fused-ring (bicyclic) bond motifs is 2. The molecule has 2 saturated carbocycles. The summed E-state index contributed by atoms with van der Waals surface area (Å²) in [6, 6.07) is 7.22. The maximum Gasteiger partial charge on any atom is 0.134 e. The molecule has 2 heteroatoms. The third-order valence-corrected chi connectivity index (χ3v) is 8.15. The first-order chi connectivity index (χ1) is 15.1. The summed E-state index contributed by atoms with van der Waals surface area (Å²) in [6.45, 7) is 5.99. The third-order valence-electron chi connectivity index (χ3n) is 8.15. The smallest absolute Gasteiger partial charge is 0.134 e. The van der Waals surface area contributed by atoms with Crippen molar-refractivity contribution < 1.29 is 8.78 Å². The fourth-order valence-corrected chi connectivity index (χ4v) is 6.35. The number of aryl methyl sites for hydroxylation is 1. The molecular formula is C29H38F2. The van der Waals surface area contributed by atoms with E-state index in [-0.39, 0.29) is 17.6 Å². The minimum Gasteiger partial charge on any atom is -0.207 e. The van der Waals surface area contributed by atoms with Crippen LogP contribution in [0.15, 0.2) is 36.9 Å². The summed E-state index contributed by atoms with van der Waals surface area (Å²) < 4.78 is 30.1. The summed E-state index contributed by atoms with van der Waals surface area (Å²) in [5.41, 5.74) is 1.46. The Morgan fingerprint density at radius 2 is 1.81 bits per heavy atom. The standard InChI is InChI=1S/C29H38F2/c1-3-5-7-8-20-10-11-22-17-23(13-12-21(22)16-20)26-15-14-24-18-25(9-6-4-2)28(30)19-27(24)29(26)31/h4,14-15,18-23H,2-3,5-13,16-17H2,1H3/t20?,21-,22?,23-/m1/s1. The van der Waals surface area contributed by atoms with Crippen LogP contribution in [0.25, 0.3) is 10.8 Å². The van der Waals surface area contributed by atoms with E-state index in [4.69, 9.17) is 0 Å². The number of rotatable bonds is 8. The van der Waals surface area contributed by atoms with Crippen molar-refractivity contribution in [1.29, 1.82) is 0 Å². The van der Waals surface area contributed by atoms with Gasteiger partial charge in [0.25, 0.3) is 0 Å². The zero-order chi connectivity index (χ0) is 21.8. The predicted molar refractivity (Wildman–Crippen MR) is 127 cm³/mol. The highest BCUT2D eigenvalue weighted by molar-refractivity contribution is 5.85. The highest BCUT2D eigenvalue weighted by Crippen LogP contribution is 2.49. The van der Waals surface area contributed by atoms with E-state index in [0.717, 1.165) is 48.0 Å². The number of halogens is 2. The van der Waals surface area contributed by atoms with Gasteiger partial charge in [0.05, 0.1) is 0 Å². The average Bonchev–Trinajstić information content (AvgIpc) is 2.78. The Morgan fingerprint density at radius 3 is 2.61 bits per heavy atom. The van der Waals surface area contributed by atoms with Crippen LogP contribution in [-0.4, -0.2) is 0 Å². The Balaban J connectivity index is 1.46. The molecular weight excluding hydrogens is 386 g/mol. The Bertz CT molecular complexity index is 899. The number of allylic oxidation sites excluding steroid dienone is 1. The van der Waals surface area contributed by atoms with Crippen LogP contribution < -0.4 is 0 Å². The van der Waals surface area contributed by atoms with Gasteiger partial charge in [-0.05, 0) is 97.3 Å². The third kappa shape index (κ3) is 5.04. The molecule has 0 heterocycles. The number of hydrogen-bond donors (Lipinski definition) is 0. The summed E-state index contributed by atoms with van der Waals surface area (Å²) in [7, 11) is 0. The van der Waals surface area contributed by atoms with E-state index >= 15 is 4.39 Å². The van der Waals surface area contributed by atoms with Gasteiger partial charge < -0.3 is 0 Å². The first-order valence-corrected chi connectivity index (χ1v) is 12.6. The van der Waals surface area contributed by atoms with Gasteiger partial charge >= 0.3 is 0 Å². The monoisotopic (exact) mass is 424 g/mol. The van der Waals surface area contributed by atoms with E-state index in [1.165, 1.54) is 57.4 Å². The molecule has 0 N–H and O–H groups in total. The van der Waals surface area contributed by atoms with Crippen molar-refractivity contribution in [3.63, 3.8) is 0 Å². The van der Waals surface area contributed by atoms with Crippen molar-refractivity contribution in [2.45, 2.75) is 89.9 Å². The van der Waals surface area contributed by atoms with E-state index < -0.39 is 0 Å². The van der Waals surface area contributed by atoms with E-state index in [0.29, 0.717) is 17.4 Å². The molecule has 4 rings (SSSR count). The van der Waals surface area contributed by atoms with Gasteiger partial charge in [-0.3, -0.25) is 0 Å². The Hall–Kier alpha value is -1.70. The first-order valence-electron chi connectivity index (χ1n) is 12.6. The van der Waals surface area contributed by atoms with Gasteiger partial charge in [-0.2, -0.15) is 0 Å². The van der Waals surface area contributed by atoms with Crippen LogP contribution in [0.2, 0.25) is 0 Å². The molecule has 0 amide bonds. The lowest BCUT2D eigenvalue weighted by Crippen LogP contribution is -2.30. The minimum atomic E-state index is -0.296. The van der Waals surface area contributed by atoms with Gasteiger partial charge in [0.2, 0.25) is 0 Å². The second-order valence-electron chi connectivity index (χ2n) is 10.2. The summed E-state index contributed by atoms with van der Waals surface area (Å²) >= 11 is 0. The maximum absolute atomic E-state index is 15.5. The van der Waals surface area contributed by atoms with Gasteiger partial charge in [-0.25, -0.2) is 8.78 Å². The summed E-state index contributed by atoms with van der Waals surface area (Å²) in [4.78, 5) is 0. The zero-order valence-corrected chi connectivity index (χ0v) is 19.1. The van der Waals surface area contributed by atoms with E-state index in [2.05, 4.69) is 13.5 Å². The van der Waals surface area contributed by atoms with Gasteiger partial charge in [-0.15, -0.1) is 6.58 Å². The molecule has 0 aliphatic heterocycles. The molecule has 0 spiro atoms.